The van der Waals surface area contributed by atoms with Crippen molar-refractivity contribution < 1.29 is 4.79 Å². The van der Waals surface area contributed by atoms with E-state index in [9.17, 15) is 4.79 Å². The maximum atomic E-state index is 12.5. The number of hydrogen-bond donors (Lipinski definition) is 2. The van der Waals surface area contributed by atoms with Crippen LogP contribution in [0.1, 0.15) is 10.4 Å². The third kappa shape index (κ3) is 4.34. The van der Waals surface area contributed by atoms with Gasteiger partial charge in [0, 0.05) is 20.4 Å². The Morgan fingerprint density at radius 2 is 1.72 bits per heavy atom. The van der Waals surface area contributed by atoms with Crippen molar-refractivity contribution >= 4 is 61.9 Å². The molecule has 2 N–H and O–H groups in total. The standard InChI is InChI=1S/C21H13BrCl2N4O/c22-13-6-9-18-16(10-13)19(12-4-2-1-3-5-12)26-21(25-18)28-27-20(29)15-8-7-14(23)11-17(15)24/h1-11H,(H,27,29)(H,25,26,28). The predicted molar refractivity (Wildman–Crippen MR) is 120 cm³/mol. The summed E-state index contributed by atoms with van der Waals surface area (Å²) in [5.41, 5.74) is 8.07. The first-order valence-corrected chi connectivity index (χ1v) is 10.1. The number of nitrogens with zero attached hydrogens (tertiary/aromatic N) is 2. The highest BCUT2D eigenvalue weighted by Crippen LogP contribution is 2.29. The lowest BCUT2D eigenvalue weighted by atomic mass is 10.1. The van der Waals surface area contributed by atoms with Gasteiger partial charge in [0.2, 0.25) is 5.95 Å². The molecule has 0 fully saturated rings. The molecule has 0 saturated carbocycles. The molecule has 0 aliphatic carbocycles. The van der Waals surface area contributed by atoms with E-state index in [1.54, 1.807) is 12.1 Å². The molecule has 3 aromatic carbocycles. The normalized spacial score (nSPS) is 10.7. The Morgan fingerprint density at radius 3 is 2.48 bits per heavy atom. The van der Waals surface area contributed by atoms with E-state index >= 15 is 0 Å². The average Bonchev–Trinajstić information content (AvgIpc) is 2.72. The molecule has 0 spiro atoms. The molecule has 0 radical (unpaired) electrons. The van der Waals surface area contributed by atoms with Gasteiger partial charge in [-0.25, -0.2) is 9.97 Å². The van der Waals surface area contributed by atoms with Gasteiger partial charge in [0.25, 0.3) is 5.91 Å². The van der Waals surface area contributed by atoms with Crippen molar-refractivity contribution in [2.75, 3.05) is 5.43 Å². The minimum absolute atomic E-state index is 0.256. The second-order valence-corrected chi connectivity index (χ2v) is 7.89. The molecule has 0 unspecified atom stereocenters. The van der Waals surface area contributed by atoms with Crippen LogP contribution in [0.2, 0.25) is 10.0 Å². The van der Waals surface area contributed by atoms with Crippen LogP contribution in [0.15, 0.2) is 71.2 Å². The van der Waals surface area contributed by atoms with Gasteiger partial charge in [-0.1, -0.05) is 69.5 Å². The number of hydrogen-bond acceptors (Lipinski definition) is 4. The average molecular weight is 488 g/mol. The maximum absolute atomic E-state index is 12.5. The van der Waals surface area contributed by atoms with Crippen LogP contribution >= 0.6 is 39.1 Å². The van der Waals surface area contributed by atoms with Crippen molar-refractivity contribution in [3.05, 3.63) is 86.8 Å². The van der Waals surface area contributed by atoms with Crippen LogP contribution < -0.4 is 10.9 Å². The molecule has 1 aromatic heterocycles. The lowest BCUT2D eigenvalue weighted by molar-refractivity contribution is 0.0962. The summed E-state index contributed by atoms with van der Waals surface area (Å²) in [7, 11) is 0. The number of aromatic nitrogens is 2. The van der Waals surface area contributed by atoms with E-state index in [1.165, 1.54) is 6.07 Å². The Hall–Kier alpha value is -2.67. The highest BCUT2D eigenvalue weighted by atomic mass is 79.9. The number of nitrogens with one attached hydrogen (secondary N) is 2. The molecule has 0 atom stereocenters. The van der Waals surface area contributed by atoms with Crippen molar-refractivity contribution in [3.63, 3.8) is 0 Å². The predicted octanol–water partition coefficient (Wildman–Crippen LogP) is 6.12. The number of halogens is 3. The zero-order valence-electron chi connectivity index (χ0n) is 14.8. The number of carbonyl (C=O) groups excluding carboxylic acids is 1. The summed E-state index contributed by atoms with van der Waals surface area (Å²) in [6.07, 6.45) is 0. The second kappa shape index (κ2) is 8.37. The Labute approximate surface area is 185 Å². The quantitative estimate of drug-likeness (QED) is 0.340. The molecule has 8 heteroatoms. The Morgan fingerprint density at radius 1 is 0.931 bits per heavy atom. The highest BCUT2D eigenvalue weighted by Gasteiger charge is 2.13. The SMILES string of the molecule is O=C(NNc1nc(-c2ccccc2)c2cc(Br)ccc2n1)c1ccc(Cl)cc1Cl. The van der Waals surface area contributed by atoms with Gasteiger partial charge in [0.05, 0.1) is 21.8 Å². The van der Waals surface area contributed by atoms with Gasteiger partial charge in [0.15, 0.2) is 0 Å². The number of amides is 1. The van der Waals surface area contributed by atoms with Gasteiger partial charge >= 0.3 is 0 Å². The van der Waals surface area contributed by atoms with Gasteiger partial charge in [-0.3, -0.25) is 15.6 Å². The third-order valence-electron chi connectivity index (χ3n) is 4.17. The number of benzene rings is 3. The van der Waals surface area contributed by atoms with Crippen LogP contribution in [0.4, 0.5) is 5.95 Å². The Kier molecular flexibility index (Phi) is 5.67. The van der Waals surface area contributed by atoms with E-state index in [-0.39, 0.29) is 16.5 Å². The van der Waals surface area contributed by atoms with Crippen LogP contribution in [0, 0.1) is 0 Å². The van der Waals surface area contributed by atoms with Crippen LogP contribution in [-0.4, -0.2) is 15.9 Å². The van der Waals surface area contributed by atoms with E-state index in [2.05, 4.69) is 36.7 Å². The van der Waals surface area contributed by atoms with Crippen molar-refractivity contribution in [3.8, 4) is 11.3 Å². The molecule has 5 nitrogen and oxygen atoms in total. The summed E-state index contributed by atoms with van der Waals surface area (Å²) in [5, 5.41) is 1.60. The summed E-state index contributed by atoms with van der Waals surface area (Å²) >= 11 is 15.5. The molecule has 144 valence electrons. The molecular formula is C21H13BrCl2N4O. The summed E-state index contributed by atoms with van der Waals surface area (Å²) in [4.78, 5) is 21.5. The largest absolute Gasteiger partial charge is 0.271 e. The van der Waals surface area contributed by atoms with E-state index < -0.39 is 5.91 Å². The first-order valence-electron chi connectivity index (χ1n) is 8.55. The van der Waals surface area contributed by atoms with E-state index in [0.717, 1.165) is 26.6 Å². The second-order valence-electron chi connectivity index (χ2n) is 6.13. The molecule has 4 aromatic rings. The van der Waals surface area contributed by atoms with E-state index in [4.69, 9.17) is 23.2 Å². The van der Waals surface area contributed by atoms with E-state index in [0.29, 0.717) is 5.02 Å². The van der Waals surface area contributed by atoms with Gasteiger partial charge in [-0.2, -0.15) is 0 Å². The lowest BCUT2D eigenvalue weighted by Crippen LogP contribution is -2.30. The van der Waals surface area contributed by atoms with Crippen LogP contribution in [0.3, 0.4) is 0 Å². The van der Waals surface area contributed by atoms with Gasteiger partial charge in [0.1, 0.15) is 0 Å². The number of carbonyl (C=O) groups is 1. The minimum atomic E-state index is -0.424. The van der Waals surface area contributed by atoms with Gasteiger partial charge in [-0.05, 0) is 36.4 Å². The molecule has 0 saturated heterocycles. The van der Waals surface area contributed by atoms with Crippen LogP contribution in [0.25, 0.3) is 22.2 Å². The first-order chi connectivity index (χ1) is 14.0. The molecule has 0 bridgehead atoms. The molecule has 0 aliphatic heterocycles. The minimum Gasteiger partial charge on any atom is -0.267 e. The van der Waals surface area contributed by atoms with Crippen molar-refractivity contribution in [1.82, 2.24) is 15.4 Å². The lowest BCUT2D eigenvalue weighted by Gasteiger charge is -2.12. The fraction of sp³-hybridized carbons (Fsp3) is 0. The van der Waals surface area contributed by atoms with Gasteiger partial charge in [-0.15, -0.1) is 0 Å². The highest BCUT2D eigenvalue weighted by molar-refractivity contribution is 9.10. The summed E-state index contributed by atoms with van der Waals surface area (Å²) in [6, 6.07) is 20.2. The Balaban J connectivity index is 1.67. The van der Waals surface area contributed by atoms with Crippen molar-refractivity contribution in [1.29, 1.82) is 0 Å². The van der Waals surface area contributed by atoms with E-state index in [1.807, 2.05) is 48.5 Å². The molecule has 0 aliphatic rings. The molecule has 29 heavy (non-hydrogen) atoms. The molecule has 1 amide bonds. The molecule has 4 rings (SSSR count). The van der Waals surface area contributed by atoms with Crippen LogP contribution in [0.5, 0.6) is 0 Å². The number of hydrazine groups is 1. The fourth-order valence-electron chi connectivity index (χ4n) is 2.83. The zero-order chi connectivity index (χ0) is 20.4. The third-order valence-corrected chi connectivity index (χ3v) is 5.21. The Bertz CT molecular complexity index is 1220. The topological polar surface area (TPSA) is 66.9 Å². The number of rotatable bonds is 4. The summed E-state index contributed by atoms with van der Waals surface area (Å²) in [5.74, 6) is -0.162. The first kappa shape index (κ1) is 19.6. The monoisotopic (exact) mass is 486 g/mol. The maximum Gasteiger partial charge on any atom is 0.271 e. The van der Waals surface area contributed by atoms with Gasteiger partial charge < -0.3 is 0 Å². The molecule has 1 heterocycles. The van der Waals surface area contributed by atoms with Crippen molar-refractivity contribution in [2.24, 2.45) is 0 Å². The zero-order valence-corrected chi connectivity index (χ0v) is 17.9. The number of anilines is 1. The smallest absolute Gasteiger partial charge is 0.267 e. The summed E-state index contributed by atoms with van der Waals surface area (Å²) in [6.45, 7) is 0. The van der Waals surface area contributed by atoms with Crippen molar-refractivity contribution in [2.45, 2.75) is 0 Å². The number of fused-ring (bicyclic) bond motifs is 1. The van der Waals surface area contributed by atoms with Crippen LogP contribution in [-0.2, 0) is 0 Å². The molecular weight excluding hydrogens is 475 g/mol. The summed E-state index contributed by atoms with van der Waals surface area (Å²) < 4.78 is 0.928. The fourth-order valence-corrected chi connectivity index (χ4v) is 3.68.